The van der Waals surface area contributed by atoms with Crippen molar-refractivity contribution < 1.29 is 17.9 Å². The smallest absolute Gasteiger partial charge is 0.260 e. The maximum absolute atomic E-state index is 12.0. The molecule has 1 aliphatic rings. The Morgan fingerprint density at radius 2 is 2.25 bits per heavy atom. The summed E-state index contributed by atoms with van der Waals surface area (Å²) in [6.07, 6.45) is 0.488. The second kappa shape index (κ2) is 6.01. The Bertz CT molecular complexity index is 602. The van der Waals surface area contributed by atoms with E-state index < -0.39 is 9.84 Å². The van der Waals surface area contributed by atoms with Crippen LogP contribution in [0.1, 0.15) is 6.42 Å². The summed E-state index contributed by atoms with van der Waals surface area (Å²) in [6, 6.07) is 6.52. The van der Waals surface area contributed by atoms with Gasteiger partial charge in [0.25, 0.3) is 5.91 Å². The molecule has 1 atom stereocenters. The molecule has 2 rings (SSSR count). The van der Waals surface area contributed by atoms with Gasteiger partial charge in [-0.2, -0.15) is 0 Å². The van der Waals surface area contributed by atoms with Crippen LogP contribution in [0.4, 0.5) is 0 Å². The summed E-state index contributed by atoms with van der Waals surface area (Å²) >= 11 is 5.82. The molecule has 20 heavy (non-hydrogen) atoms. The van der Waals surface area contributed by atoms with Crippen LogP contribution in [-0.2, 0) is 14.6 Å². The Morgan fingerprint density at radius 3 is 2.85 bits per heavy atom. The maximum Gasteiger partial charge on any atom is 0.260 e. The van der Waals surface area contributed by atoms with E-state index in [1.165, 1.54) is 4.90 Å². The van der Waals surface area contributed by atoms with Gasteiger partial charge in [0, 0.05) is 18.1 Å². The third kappa shape index (κ3) is 3.86. The van der Waals surface area contributed by atoms with Gasteiger partial charge in [0.2, 0.25) is 0 Å². The van der Waals surface area contributed by atoms with Crippen molar-refractivity contribution in [3.05, 3.63) is 29.3 Å². The Hall–Kier alpha value is -1.27. The number of sulfone groups is 1. The monoisotopic (exact) mass is 317 g/mol. The molecule has 0 spiro atoms. The molecule has 1 fully saturated rings. The number of benzene rings is 1. The molecule has 0 N–H and O–H groups in total. The lowest BCUT2D eigenvalue weighted by Gasteiger charge is -2.23. The minimum absolute atomic E-state index is 0.0341. The summed E-state index contributed by atoms with van der Waals surface area (Å²) in [5.74, 6) is 0.446. The lowest BCUT2D eigenvalue weighted by Crippen LogP contribution is -2.40. The molecule has 1 unspecified atom stereocenters. The number of hydrogen-bond acceptors (Lipinski definition) is 4. The first-order valence-corrected chi connectivity index (χ1v) is 8.42. The molecule has 5 nitrogen and oxygen atoms in total. The van der Waals surface area contributed by atoms with Gasteiger partial charge in [-0.15, -0.1) is 0 Å². The Labute approximate surface area is 123 Å². The SMILES string of the molecule is CN(C(=O)COc1cccc(Cl)c1)C1CCS(=O)(=O)C1. The van der Waals surface area contributed by atoms with E-state index in [-0.39, 0.29) is 30.1 Å². The average molecular weight is 318 g/mol. The molecule has 1 aliphatic heterocycles. The largest absolute Gasteiger partial charge is 0.484 e. The molecular formula is C13H16ClNO4S. The van der Waals surface area contributed by atoms with Gasteiger partial charge in [0.15, 0.2) is 16.4 Å². The van der Waals surface area contributed by atoms with Crippen molar-refractivity contribution in [2.75, 3.05) is 25.2 Å². The number of likely N-dealkylation sites (N-methyl/N-ethyl adjacent to an activating group) is 1. The molecule has 1 amide bonds. The minimum Gasteiger partial charge on any atom is -0.484 e. The number of carbonyl (C=O) groups is 1. The summed E-state index contributed by atoms with van der Waals surface area (Å²) in [5, 5.41) is 0.533. The standard InChI is InChI=1S/C13H16ClNO4S/c1-15(11-5-6-20(17,18)9-11)13(16)8-19-12-4-2-3-10(14)7-12/h2-4,7,11H,5-6,8-9H2,1H3. The van der Waals surface area contributed by atoms with E-state index in [1.807, 2.05) is 0 Å². The first-order chi connectivity index (χ1) is 9.37. The second-order valence-electron chi connectivity index (χ2n) is 4.81. The van der Waals surface area contributed by atoms with Crippen molar-refractivity contribution in [1.82, 2.24) is 4.90 Å². The summed E-state index contributed by atoms with van der Waals surface area (Å²) in [6.45, 7) is -0.132. The minimum atomic E-state index is -3.00. The number of amides is 1. The van der Waals surface area contributed by atoms with E-state index in [9.17, 15) is 13.2 Å². The summed E-state index contributed by atoms with van der Waals surface area (Å²) < 4.78 is 28.2. The summed E-state index contributed by atoms with van der Waals surface area (Å²) in [7, 11) is -1.39. The van der Waals surface area contributed by atoms with Crippen molar-refractivity contribution in [2.45, 2.75) is 12.5 Å². The van der Waals surface area contributed by atoms with Gasteiger partial charge in [-0.25, -0.2) is 8.42 Å². The molecule has 1 heterocycles. The fourth-order valence-electron chi connectivity index (χ4n) is 2.09. The normalized spacial score (nSPS) is 20.6. The number of halogens is 1. The van der Waals surface area contributed by atoms with Gasteiger partial charge >= 0.3 is 0 Å². The number of hydrogen-bond donors (Lipinski definition) is 0. The molecule has 0 bridgehead atoms. The van der Waals surface area contributed by atoms with Crippen molar-refractivity contribution >= 4 is 27.3 Å². The van der Waals surface area contributed by atoms with Crippen LogP contribution in [0.15, 0.2) is 24.3 Å². The van der Waals surface area contributed by atoms with Gasteiger partial charge in [-0.3, -0.25) is 4.79 Å². The maximum atomic E-state index is 12.0. The van der Waals surface area contributed by atoms with Crippen LogP contribution in [0, 0.1) is 0 Å². The van der Waals surface area contributed by atoms with Crippen LogP contribution in [-0.4, -0.2) is 50.4 Å². The Balaban J connectivity index is 1.89. The fraction of sp³-hybridized carbons (Fsp3) is 0.462. The molecule has 0 saturated carbocycles. The van der Waals surface area contributed by atoms with Crippen LogP contribution < -0.4 is 4.74 Å². The Morgan fingerprint density at radius 1 is 1.50 bits per heavy atom. The highest BCUT2D eigenvalue weighted by Gasteiger charge is 2.32. The van der Waals surface area contributed by atoms with Crippen molar-refractivity contribution in [2.24, 2.45) is 0 Å². The van der Waals surface area contributed by atoms with E-state index in [4.69, 9.17) is 16.3 Å². The van der Waals surface area contributed by atoms with Crippen LogP contribution in [0.5, 0.6) is 5.75 Å². The van der Waals surface area contributed by atoms with Crippen molar-refractivity contribution in [3.63, 3.8) is 0 Å². The second-order valence-corrected chi connectivity index (χ2v) is 7.47. The first kappa shape index (κ1) is 15.1. The quantitative estimate of drug-likeness (QED) is 0.841. The molecule has 1 saturated heterocycles. The fourth-order valence-corrected chi connectivity index (χ4v) is 4.04. The topological polar surface area (TPSA) is 63.7 Å². The highest BCUT2D eigenvalue weighted by molar-refractivity contribution is 7.91. The zero-order chi connectivity index (χ0) is 14.8. The van der Waals surface area contributed by atoms with Gasteiger partial charge in [0.05, 0.1) is 11.5 Å². The van der Waals surface area contributed by atoms with Crippen molar-refractivity contribution in [1.29, 1.82) is 0 Å². The van der Waals surface area contributed by atoms with E-state index in [1.54, 1.807) is 31.3 Å². The predicted molar refractivity (Wildman–Crippen MR) is 76.8 cm³/mol. The summed E-state index contributed by atoms with van der Waals surface area (Å²) in [5.41, 5.74) is 0. The van der Waals surface area contributed by atoms with E-state index in [0.717, 1.165) is 0 Å². The van der Waals surface area contributed by atoms with Gasteiger partial charge in [0.1, 0.15) is 5.75 Å². The van der Waals surface area contributed by atoms with Gasteiger partial charge in [-0.05, 0) is 24.6 Å². The highest BCUT2D eigenvalue weighted by Crippen LogP contribution is 2.19. The van der Waals surface area contributed by atoms with Gasteiger partial charge < -0.3 is 9.64 Å². The molecule has 0 radical (unpaired) electrons. The van der Waals surface area contributed by atoms with Gasteiger partial charge in [-0.1, -0.05) is 17.7 Å². The molecule has 0 aliphatic carbocycles. The van der Waals surface area contributed by atoms with E-state index >= 15 is 0 Å². The van der Waals surface area contributed by atoms with Crippen LogP contribution >= 0.6 is 11.6 Å². The van der Waals surface area contributed by atoms with Crippen LogP contribution in [0.25, 0.3) is 0 Å². The molecule has 0 aromatic heterocycles. The average Bonchev–Trinajstić information content (AvgIpc) is 2.75. The van der Waals surface area contributed by atoms with Crippen LogP contribution in [0.3, 0.4) is 0 Å². The number of rotatable bonds is 4. The Kier molecular flexibility index (Phi) is 4.55. The lowest BCUT2D eigenvalue weighted by atomic mass is 10.2. The number of ether oxygens (including phenoxy) is 1. The number of carbonyl (C=O) groups excluding carboxylic acids is 1. The van der Waals surface area contributed by atoms with E-state index in [2.05, 4.69) is 0 Å². The molecule has 110 valence electrons. The zero-order valence-electron chi connectivity index (χ0n) is 11.1. The molecule has 7 heteroatoms. The number of nitrogens with zero attached hydrogens (tertiary/aromatic N) is 1. The molecular weight excluding hydrogens is 302 g/mol. The summed E-state index contributed by atoms with van der Waals surface area (Å²) in [4.78, 5) is 13.4. The highest BCUT2D eigenvalue weighted by atomic mass is 35.5. The third-order valence-corrected chi connectivity index (χ3v) is 5.29. The molecule has 1 aromatic rings. The zero-order valence-corrected chi connectivity index (χ0v) is 12.7. The lowest BCUT2D eigenvalue weighted by molar-refractivity contribution is -0.133. The first-order valence-electron chi connectivity index (χ1n) is 6.22. The predicted octanol–water partition coefficient (Wildman–Crippen LogP) is 1.36. The van der Waals surface area contributed by atoms with Crippen LogP contribution in [0.2, 0.25) is 5.02 Å². The van der Waals surface area contributed by atoms with E-state index in [0.29, 0.717) is 17.2 Å². The third-order valence-electron chi connectivity index (χ3n) is 3.31. The molecule has 1 aromatic carbocycles. The van der Waals surface area contributed by atoms with Crippen molar-refractivity contribution in [3.8, 4) is 5.75 Å².